The number of aldehydes is 1. The van der Waals surface area contributed by atoms with Gasteiger partial charge in [-0.05, 0) is 50.3 Å². The van der Waals surface area contributed by atoms with E-state index >= 15 is 0 Å². The molecule has 0 radical (unpaired) electrons. The van der Waals surface area contributed by atoms with Crippen LogP contribution in [0.2, 0.25) is 0 Å². The molecule has 1 aromatic carbocycles. The molecule has 4 rings (SSSR count). The lowest BCUT2D eigenvalue weighted by molar-refractivity contribution is -0.110. The fraction of sp³-hybridized carbons (Fsp3) is 0.500. The van der Waals surface area contributed by atoms with Crippen molar-refractivity contribution in [3.63, 3.8) is 0 Å². The van der Waals surface area contributed by atoms with Gasteiger partial charge in [-0.2, -0.15) is 0 Å². The van der Waals surface area contributed by atoms with E-state index in [2.05, 4.69) is 9.46 Å². The largest absolute Gasteiger partial charge is 0.385 e. The minimum atomic E-state index is -3.48. The molecule has 0 saturated heterocycles. The zero-order valence-electron chi connectivity index (χ0n) is 21.9. The maximum absolute atomic E-state index is 13.9. The third-order valence-electron chi connectivity index (χ3n) is 7.03. The van der Waals surface area contributed by atoms with Crippen LogP contribution in [0.3, 0.4) is 0 Å². The number of fused-ring (bicyclic) bond motifs is 1. The minimum absolute atomic E-state index is 0.197. The van der Waals surface area contributed by atoms with Crippen LogP contribution < -0.4 is 4.72 Å². The molecule has 1 aromatic rings. The molecule has 1 heterocycles. The summed E-state index contributed by atoms with van der Waals surface area (Å²) < 4.78 is 31.6. The van der Waals surface area contributed by atoms with E-state index in [1.54, 1.807) is 24.1 Å². The molecule has 0 aromatic heterocycles. The lowest BCUT2D eigenvalue weighted by atomic mass is 9.77. The smallest absolute Gasteiger partial charge is 0.255 e. The third kappa shape index (κ3) is 6.99. The molecule has 7 nitrogen and oxygen atoms in total. The number of sulfonamides is 1. The lowest BCUT2D eigenvalue weighted by Crippen LogP contribution is -2.61. The summed E-state index contributed by atoms with van der Waals surface area (Å²) in [5.74, 6) is -0.809. The van der Waals surface area contributed by atoms with E-state index in [9.17, 15) is 18.0 Å². The van der Waals surface area contributed by atoms with E-state index in [0.717, 1.165) is 37.6 Å². The van der Waals surface area contributed by atoms with Crippen molar-refractivity contribution >= 4 is 33.8 Å². The van der Waals surface area contributed by atoms with Gasteiger partial charge in [-0.3, -0.25) is 4.79 Å². The van der Waals surface area contributed by atoms with Crippen molar-refractivity contribution in [2.24, 2.45) is 0 Å². The fourth-order valence-corrected chi connectivity index (χ4v) is 6.44. The first-order valence-electron chi connectivity index (χ1n) is 12.7. The molecule has 3 aliphatic rings. The van der Waals surface area contributed by atoms with Gasteiger partial charge >= 0.3 is 0 Å². The highest BCUT2D eigenvalue weighted by atomic mass is 35.5. The summed E-state index contributed by atoms with van der Waals surface area (Å²) in [5, 5.41) is 0.514. The number of ether oxygens (including phenoxy) is 1. The number of carbonyl (C=O) groups excluding carboxylic acids is 2. The van der Waals surface area contributed by atoms with Gasteiger partial charge in [0.05, 0.1) is 18.2 Å². The Kier molecular flexibility index (Phi) is 10.3. The summed E-state index contributed by atoms with van der Waals surface area (Å²) in [6.07, 6.45) is 11.6. The number of nitrogens with zero attached hydrogens (tertiary/aromatic N) is 1. The van der Waals surface area contributed by atoms with Gasteiger partial charge in [0.25, 0.3) is 5.91 Å². The highest BCUT2D eigenvalue weighted by Crippen LogP contribution is 2.42. The number of hydrogen-bond donors (Lipinski definition) is 1. The first-order chi connectivity index (χ1) is 17.6. The van der Waals surface area contributed by atoms with E-state index < -0.39 is 28.0 Å². The maximum atomic E-state index is 13.9. The Hall–Kier alpha value is -2.26. The normalized spacial score (nSPS) is 26.0. The van der Waals surface area contributed by atoms with Gasteiger partial charge in [0.1, 0.15) is 6.29 Å². The summed E-state index contributed by atoms with van der Waals surface area (Å²) in [4.78, 5) is 28.2. The summed E-state index contributed by atoms with van der Waals surface area (Å²) in [5.41, 5.74) is 2.88. The number of halogens is 1. The predicted octanol–water partition coefficient (Wildman–Crippen LogP) is 4.71. The number of hydrogen-bond acceptors (Lipinski definition) is 5. The van der Waals surface area contributed by atoms with Crippen molar-refractivity contribution in [2.75, 3.05) is 20.0 Å². The average molecular weight is 549 g/mol. The third-order valence-corrected chi connectivity index (χ3v) is 8.13. The van der Waals surface area contributed by atoms with Crippen LogP contribution in [0.4, 0.5) is 0 Å². The first-order valence-corrected chi connectivity index (χ1v) is 15.0. The summed E-state index contributed by atoms with van der Waals surface area (Å²) in [6, 6.07) is 5.73. The maximum Gasteiger partial charge on any atom is 0.255 e. The molecule has 0 spiro atoms. The van der Waals surface area contributed by atoms with Gasteiger partial charge < -0.3 is 14.4 Å². The Labute approximate surface area is 225 Å². The van der Waals surface area contributed by atoms with Crippen LogP contribution in [0.1, 0.15) is 67.8 Å². The van der Waals surface area contributed by atoms with E-state index in [-0.39, 0.29) is 11.9 Å². The molecular formula is C28H37ClN2O5S. The molecule has 9 heteroatoms. The van der Waals surface area contributed by atoms with Gasteiger partial charge in [-0.15, -0.1) is 0 Å². The Bertz CT molecular complexity index is 1190. The van der Waals surface area contributed by atoms with Gasteiger partial charge in [0.15, 0.2) is 0 Å². The molecule has 1 aliphatic heterocycles. The van der Waals surface area contributed by atoms with Crippen LogP contribution in [0.5, 0.6) is 0 Å². The van der Waals surface area contributed by atoms with E-state index in [1.165, 1.54) is 0 Å². The van der Waals surface area contributed by atoms with Crippen molar-refractivity contribution < 1.29 is 22.7 Å². The van der Waals surface area contributed by atoms with Crippen molar-refractivity contribution in [1.82, 2.24) is 9.62 Å². The highest BCUT2D eigenvalue weighted by molar-refractivity contribution is 7.88. The monoisotopic (exact) mass is 548 g/mol. The minimum Gasteiger partial charge on any atom is -0.385 e. The number of nitrogens with one attached hydrogen (secondary N) is 1. The van der Waals surface area contributed by atoms with E-state index in [4.69, 9.17) is 11.6 Å². The predicted molar refractivity (Wildman–Crippen MR) is 147 cm³/mol. The number of carbonyl (C=O) groups is 2. The van der Waals surface area contributed by atoms with Gasteiger partial charge in [0, 0.05) is 36.4 Å². The zero-order chi connectivity index (χ0) is 27.2. The molecule has 1 fully saturated rings. The summed E-state index contributed by atoms with van der Waals surface area (Å²) in [7, 11) is -1.80. The summed E-state index contributed by atoms with van der Waals surface area (Å²) in [6.45, 7) is 4.75. The quantitative estimate of drug-likeness (QED) is 0.520. The second-order valence-corrected chi connectivity index (χ2v) is 11.9. The van der Waals surface area contributed by atoms with Crippen molar-refractivity contribution in [1.29, 1.82) is 0 Å². The number of benzene rings is 1. The van der Waals surface area contributed by atoms with Crippen LogP contribution in [0, 0.1) is 0 Å². The molecule has 1 amide bonds. The number of allylic oxidation sites excluding steroid dienone is 4. The highest BCUT2D eigenvalue weighted by Gasteiger charge is 2.47. The molecule has 202 valence electrons. The Morgan fingerprint density at radius 2 is 1.86 bits per heavy atom. The molecule has 0 bridgehead atoms. The van der Waals surface area contributed by atoms with Crippen molar-refractivity contribution in [2.45, 2.75) is 70.0 Å². The fourth-order valence-electron chi connectivity index (χ4n) is 5.36. The molecule has 1 saturated carbocycles. The number of rotatable bonds is 6. The lowest BCUT2D eigenvalue weighted by Gasteiger charge is -2.49. The summed E-state index contributed by atoms with van der Waals surface area (Å²) >= 11 is 6.72. The van der Waals surface area contributed by atoms with E-state index in [0.29, 0.717) is 41.0 Å². The standard InChI is InChI=1S/C25H29ClN2O4S.C3H8O/c1-16-8-7-11-21(26)19(14-16)24-20(15-29)17-9-3-4-10-18(17)25(30)28(24)23-13-6-5-12-22(23)27-33(2,31)32;1-3-4-2/h3-4,8-11,14-15,20,22-24,27H,5-7,12-13H2,1-2H3;3H2,1-2H3. The molecule has 4 atom stereocenters. The van der Waals surface area contributed by atoms with Crippen LogP contribution in [-0.4, -0.2) is 63.6 Å². The Morgan fingerprint density at radius 3 is 2.51 bits per heavy atom. The SMILES string of the molecule is CC1=CCC=C(Cl)C(C2C(C=O)c3ccccc3C(=O)N2C2CCCCC2NS(C)(=O)=O)=C1.CCOC. The Morgan fingerprint density at radius 1 is 1.19 bits per heavy atom. The van der Waals surface area contributed by atoms with Gasteiger partial charge in [0.2, 0.25) is 10.0 Å². The van der Waals surface area contributed by atoms with Crippen molar-refractivity contribution in [3.05, 3.63) is 69.8 Å². The van der Waals surface area contributed by atoms with Crippen LogP contribution in [-0.2, 0) is 19.6 Å². The van der Waals surface area contributed by atoms with Crippen molar-refractivity contribution in [3.8, 4) is 0 Å². The van der Waals surface area contributed by atoms with Crippen LogP contribution in [0.25, 0.3) is 0 Å². The first kappa shape index (κ1) is 29.3. The molecule has 4 unspecified atom stereocenters. The molecular weight excluding hydrogens is 512 g/mol. The molecule has 2 aliphatic carbocycles. The van der Waals surface area contributed by atoms with Gasteiger partial charge in [-0.1, -0.05) is 66.4 Å². The van der Waals surface area contributed by atoms with Gasteiger partial charge in [-0.25, -0.2) is 13.1 Å². The zero-order valence-corrected chi connectivity index (χ0v) is 23.5. The van der Waals surface area contributed by atoms with Crippen LogP contribution >= 0.6 is 11.6 Å². The van der Waals surface area contributed by atoms with E-state index in [1.807, 2.05) is 44.2 Å². The number of amides is 1. The number of methoxy groups -OCH3 is 1. The topological polar surface area (TPSA) is 92.8 Å². The molecule has 1 N–H and O–H groups in total. The second kappa shape index (κ2) is 13.0. The Balaban J connectivity index is 0.000000886. The average Bonchev–Trinajstić information content (AvgIpc) is 3.03. The second-order valence-electron chi connectivity index (χ2n) is 9.67. The molecule has 37 heavy (non-hydrogen) atoms. The van der Waals surface area contributed by atoms with Crippen LogP contribution in [0.15, 0.2) is 58.7 Å².